The number of esters is 1. The number of hydrogen-bond donors (Lipinski definition) is 0. The number of alkyl halides is 2. The molecule has 0 atom stereocenters. The van der Waals surface area contributed by atoms with Gasteiger partial charge in [0.1, 0.15) is 5.75 Å². The highest BCUT2D eigenvalue weighted by atomic mass is 19.3. The van der Waals surface area contributed by atoms with Gasteiger partial charge < -0.3 is 9.47 Å². The number of carbonyl (C=O) groups is 2. The Morgan fingerprint density at radius 3 is 2.65 bits per heavy atom. The molecule has 0 bridgehead atoms. The number of ether oxygens (including phenoxy) is 2. The van der Waals surface area contributed by atoms with Gasteiger partial charge in [-0.2, -0.15) is 8.78 Å². The second-order valence-electron chi connectivity index (χ2n) is 4.43. The molecule has 0 saturated carbocycles. The van der Waals surface area contributed by atoms with Crippen LogP contribution in [0.4, 0.5) is 8.78 Å². The molecule has 0 aromatic heterocycles. The maximum Gasteiger partial charge on any atom is 0.382 e. The zero-order chi connectivity index (χ0) is 14.9. The summed E-state index contributed by atoms with van der Waals surface area (Å²) >= 11 is 0. The molecular weight excluding hydrogens is 270 g/mol. The Morgan fingerprint density at radius 2 is 2.05 bits per heavy atom. The minimum absolute atomic E-state index is 0.107. The minimum atomic E-state index is -3.80. The highest BCUT2D eigenvalue weighted by Gasteiger charge is 2.46. The van der Waals surface area contributed by atoms with Crippen LogP contribution in [-0.2, 0) is 21.9 Å². The fraction of sp³-hybridized carbons (Fsp3) is 0.429. The molecule has 1 aromatic rings. The number of aryl methyl sites for hydroxylation is 1. The summed E-state index contributed by atoms with van der Waals surface area (Å²) in [6.45, 7) is 1.31. The molecule has 0 heterocycles. The van der Waals surface area contributed by atoms with Crippen molar-refractivity contribution in [2.24, 2.45) is 0 Å². The SMILES string of the molecule is CCOC(=O)C(F)(F)c1cc2c(cc1OC)C(=O)CC2. The summed E-state index contributed by atoms with van der Waals surface area (Å²) in [5.74, 6) is -5.72. The van der Waals surface area contributed by atoms with Gasteiger partial charge in [-0.1, -0.05) is 0 Å². The van der Waals surface area contributed by atoms with E-state index in [-0.39, 0.29) is 24.6 Å². The second-order valence-corrected chi connectivity index (χ2v) is 4.43. The first-order chi connectivity index (χ1) is 9.41. The zero-order valence-electron chi connectivity index (χ0n) is 11.2. The number of hydrogen-bond acceptors (Lipinski definition) is 4. The van der Waals surface area contributed by atoms with Crippen molar-refractivity contribution in [3.63, 3.8) is 0 Å². The number of halogens is 2. The van der Waals surface area contributed by atoms with Crippen LogP contribution in [0.1, 0.15) is 34.8 Å². The molecule has 2 rings (SSSR count). The fourth-order valence-electron chi connectivity index (χ4n) is 2.22. The highest BCUT2D eigenvalue weighted by molar-refractivity contribution is 6.01. The van der Waals surface area contributed by atoms with Crippen LogP contribution in [0, 0.1) is 0 Å². The van der Waals surface area contributed by atoms with E-state index in [2.05, 4.69) is 4.74 Å². The van der Waals surface area contributed by atoms with Crippen molar-refractivity contribution in [2.75, 3.05) is 13.7 Å². The summed E-state index contributed by atoms with van der Waals surface area (Å²) in [5.41, 5.74) is 0.326. The van der Waals surface area contributed by atoms with E-state index >= 15 is 0 Å². The number of Topliss-reactive ketones (excluding diaryl/α,β-unsaturated/α-hetero) is 1. The molecule has 4 nitrogen and oxygen atoms in total. The second kappa shape index (κ2) is 5.19. The number of benzene rings is 1. The van der Waals surface area contributed by atoms with Crippen LogP contribution in [0.15, 0.2) is 12.1 Å². The third kappa shape index (κ3) is 2.26. The van der Waals surface area contributed by atoms with Gasteiger partial charge in [-0.15, -0.1) is 0 Å². The van der Waals surface area contributed by atoms with Gasteiger partial charge in [0.15, 0.2) is 5.78 Å². The van der Waals surface area contributed by atoms with E-state index in [0.717, 1.165) is 6.07 Å². The van der Waals surface area contributed by atoms with Crippen molar-refractivity contribution >= 4 is 11.8 Å². The molecule has 0 unspecified atom stereocenters. The topological polar surface area (TPSA) is 52.6 Å². The van der Waals surface area contributed by atoms with Crippen LogP contribution >= 0.6 is 0 Å². The molecule has 0 aliphatic heterocycles. The maximum absolute atomic E-state index is 14.1. The lowest BCUT2D eigenvalue weighted by Crippen LogP contribution is -2.29. The number of carbonyl (C=O) groups excluding carboxylic acids is 2. The summed E-state index contributed by atoms with van der Waals surface area (Å²) < 4.78 is 37.5. The predicted octanol–water partition coefficient (Wildman–Crippen LogP) is 2.48. The van der Waals surface area contributed by atoms with Crippen molar-refractivity contribution in [3.8, 4) is 5.75 Å². The first-order valence-corrected chi connectivity index (χ1v) is 6.21. The highest BCUT2D eigenvalue weighted by Crippen LogP contribution is 2.39. The quantitative estimate of drug-likeness (QED) is 0.797. The molecule has 0 saturated heterocycles. The third-order valence-electron chi connectivity index (χ3n) is 3.22. The lowest BCUT2D eigenvalue weighted by molar-refractivity contribution is -0.173. The molecule has 0 N–H and O–H groups in total. The van der Waals surface area contributed by atoms with Crippen molar-refractivity contribution in [2.45, 2.75) is 25.7 Å². The number of ketones is 1. The van der Waals surface area contributed by atoms with Gasteiger partial charge in [-0.25, -0.2) is 4.79 Å². The summed E-state index contributed by atoms with van der Waals surface area (Å²) in [7, 11) is 1.21. The van der Waals surface area contributed by atoms with Crippen molar-refractivity contribution < 1.29 is 27.8 Å². The van der Waals surface area contributed by atoms with E-state index in [1.807, 2.05) is 0 Å². The minimum Gasteiger partial charge on any atom is -0.496 e. The average Bonchev–Trinajstić information content (AvgIpc) is 2.78. The van der Waals surface area contributed by atoms with Crippen molar-refractivity contribution in [3.05, 3.63) is 28.8 Å². The number of methoxy groups -OCH3 is 1. The number of fused-ring (bicyclic) bond motifs is 1. The van der Waals surface area contributed by atoms with Crippen molar-refractivity contribution in [1.82, 2.24) is 0 Å². The van der Waals surface area contributed by atoms with Gasteiger partial charge in [0.25, 0.3) is 0 Å². The first kappa shape index (κ1) is 14.4. The molecule has 1 aliphatic carbocycles. The summed E-state index contributed by atoms with van der Waals surface area (Å²) in [6.07, 6.45) is 0.678. The molecule has 0 radical (unpaired) electrons. The lowest BCUT2D eigenvalue weighted by atomic mass is 10.0. The molecule has 20 heavy (non-hydrogen) atoms. The van der Waals surface area contributed by atoms with Crippen LogP contribution in [0.25, 0.3) is 0 Å². The van der Waals surface area contributed by atoms with Crippen molar-refractivity contribution in [1.29, 1.82) is 0 Å². The fourth-order valence-corrected chi connectivity index (χ4v) is 2.22. The zero-order valence-corrected chi connectivity index (χ0v) is 11.2. The Morgan fingerprint density at radius 1 is 1.35 bits per heavy atom. The van der Waals surface area contributed by atoms with E-state index in [1.54, 1.807) is 0 Å². The standard InChI is InChI=1S/C14H14F2O4/c1-3-20-13(18)14(15,16)10-6-8-4-5-11(17)9(8)7-12(10)19-2/h6-7H,3-5H2,1-2H3. The lowest BCUT2D eigenvalue weighted by Gasteiger charge is -2.18. The normalized spacial score (nSPS) is 14.1. The summed E-state index contributed by atoms with van der Waals surface area (Å²) in [5, 5.41) is 0. The molecule has 1 aromatic carbocycles. The summed E-state index contributed by atoms with van der Waals surface area (Å²) in [6, 6.07) is 2.43. The van der Waals surface area contributed by atoms with Gasteiger partial charge in [-0.05, 0) is 31.0 Å². The van der Waals surface area contributed by atoms with Gasteiger partial charge in [0.05, 0.1) is 19.3 Å². The third-order valence-corrected chi connectivity index (χ3v) is 3.22. The van der Waals surface area contributed by atoms with Crippen LogP contribution in [0.2, 0.25) is 0 Å². The van der Waals surface area contributed by atoms with Crippen LogP contribution in [-0.4, -0.2) is 25.5 Å². The molecule has 108 valence electrons. The monoisotopic (exact) mass is 284 g/mol. The Kier molecular flexibility index (Phi) is 3.74. The van der Waals surface area contributed by atoms with Gasteiger partial charge in [-0.3, -0.25) is 4.79 Å². The summed E-state index contributed by atoms with van der Waals surface area (Å²) in [4.78, 5) is 23.0. The van der Waals surface area contributed by atoms with E-state index in [1.165, 1.54) is 20.1 Å². The van der Waals surface area contributed by atoms with Crippen LogP contribution in [0.5, 0.6) is 5.75 Å². The molecule has 6 heteroatoms. The molecule has 0 spiro atoms. The van der Waals surface area contributed by atoms with E-state index in [0.29, 0.717) is 17.5 Å². The molecule has 1 aliphatic rings. The van der Waals surface area contributed by atoms with Crippen LogP contribution in [0.3, 0.4) is 0 Å². The average molecular weight is 284 g/mol. The maximum atomic E-state index is 14.1. The number of rotatable bonds is 4. The Labute approximate surface area is 114 Å². The smallest absolute Gasteiger partial charge is 0.382 e. The van der Waals surface area contributed by atoms with Crippen LogP contribution < -0.4 is 4.74 Å². The van der Waals surface area contributed by atoms with E-state index < -0.39 is 17.5 Å². The Balaban J connectivity index is 2.51. The Bertz CT molecular complexity index is 567. The molecule has 0 amide bonds. The van der Waals surface area contributed by atoms with E-state index in [4.69, 9.17) is 4.74 Å². The van der Waals surface area contributed by atoms with Gasteiger partial charge in [0, 0.05) is 12.0 Å². The van der Waals surface area contributed by atoms with E-state index in [9.17, 15) is 18.4 Å². The Hall–Kier alpha value is -1.98. The predicted molar refractivity (Wildman–Crippen MR) is 66.2 cm³/mol. The van der Waals surface area contributed by atoms with Gasteiger partial charge >= 0.3 is 11.9 Å². The first-order valence-electron chi connectivity index (χ1n) is 6.21. The molecular formula is C14H14F2O4. The van der Waals surface area contributed by atoms with Gasteiger partial charge in [0.2, 0.25) is 0 Å². The molecule has 0 fully saturated rings. The largest absolute Gasteiger partial charge is 0.496 e.